The van der Waals surface area contributed by atoms with Gasteiger partial charge in [-0.15, -0.1) is 0 Å². The van der Waals surface area contributed by atoms with Crippen molar-refractivity contribution in [2.45, 2.75) is 31.9 Å². The molecule has 0 bridgehead atoms. The van der Waals surface area contributed by atoms with Crippen molar-refractivity contribution in [1.82, 2.24) is 24.0 Å². The van der Waals surface area contributed by atoms with E-state index in [4.69, 9.17) is 15.0 Å². The van der Waals surface area contributed by atoms with Gasteiger partial charge in [0.15, 0.2) is 17.0 Å². The number of ether oxygens (including phenoxy) is 1. The lowest BCUT2D eigenvalue weighted by Gasteiger charge is -2.09. The molecule has 1 saturated carbocycles. The van der Waals surface area contributed by atoms with Gasteiger partial charge in [-0.3, -0.25) is 0 Å². The highest BCUT2D eigenvalue weighted by atomic mass is 19.3. The minimum Gasteiger partial charge on any atom is -0.493 e. The van der Waals surface area contributed by atoms with Crippen LogP contribution in [0, 0.1) is 30.0 Å². The number of alkyl halides is 2. The molecule has 0 amide bonds. The molecule has 6 rings (SSSR count). The summed E-state index contributed by atoms with van der Waals surface area (Å²) >= 11 is 0. The molecule has 0 spiro atoms. The van der Waals surface area contributed by atoms with Crippen molar-refractivity contribution in [2.24, 2.45) is 11.8 Å². The van der Waals surface area contributed by atoms with Crippen molar-refractivity contribution in [3.05, 3.63) is 47.7 Å². The van der Waals surface area contributed by atoms with E-state index in [1.165, 1.54) is 10.6 Å². The zero-order valence-electron chi connectivity index (χ0n) is 17.5. The van der Waals surface area contributed by atoms with E-state index < -0.39 is 6.43 Å². The van der Waals surface area contributed by atoms with Crippen molar-refractivity contribution in [1.29, 1.82) is 5.26 Å². The lowest BCUT2D eigenvalue weighted by molar-refractivity contribution is 0.152. The fourth-order valence-electron chi connectivity index (χ4n) is 5.34. The molecule has 2 aliphatic rings. The fourth-order valence-corrected chi connectivity index (χ4v) is 5.34. The molecule has 4 aromatic heterocycles. The van der Waals surface area contributed by atoms with Crippen LogP contribution in [-0.4, -0.2) is 37.8 Å². The van der Waals surface area contributed by atoms with Crippen LogP contribution < -0.4 is 4.74 Å². The normalized spacial score (nSPS) is 22.0. The van der Waals surface area contributed by atoms with Gasteiger partial charge in [0.1, 0.15) is 0 Å². The predicted octanol–water partition coefficient (Wildman–Crippen LogP) is 4.20. The highest BCUT2D eigenvalue weighted by molar-refractivity contribution is 6.68. The third-order valence-corrected chi connectivity index (χ3v) is 6.83. The van der Waals surface area contributed by atoms with E-state index in [-0.39, 0.29) is 17.9 Å². The summed E-state index contributed by atoms with van der Waals surface area (Å²) in [7, 11) is 1.57. The molecule has 4 aromatic rings. The lowest BCUT2D eigenvalue weighted by Crippen LogP contribution is -2.07. The topological polar surface area (TPSA) is 80.5 Å². The molecule has 2 fully saturated rings. The number of rotatable bonds is 4. The van der Waals surface area contributed by atoms with Crippen LogP contribution in [0.5, 0.6) is 5.75 Å². The monoisotopic (exact) mass is 432 g/mol. The number of hydrogen-bond acceptors (Lipinski definition) is 5. The number of imidazole rings is 2. The average Bonchev–Trinajstić information content (AvgIpc) is 3.17. The van der Waals surface area contributed by atoms with E-state index in [2.05, 4.69) is 16.1 Å². The molecule has 2 unspecified atom stereocenters. The van der Waals surface area contributed by atoms with Gasteiger partial charge in [0.2, 0.25) is 0 Å². The summed E-state index contributed by atoms with van der Waals surface area (Å²) in [6.07, 6.45) is 4.67. The third kappa shape index (κ3) is 2.80. The van der Waals surface area contributed by atoms with Gasteiger partial charge in [0.25, 0.3) is 13.1 Å². The average molecular weight is 432 g/mol. The van der Waals surface area contributed by atoms with Crippen LogP contribution in [0.1, 0.15) is 29.3 Å². The first-order valence-corrected chi connectivity index (χ1v) is 10.6. The molecule has 1 aliphatic heterocycles. The minimum absolute atomic E-state index is 0.161. The Morgan fingerprint density at radius 2 is 1.94 bits per heavy atom. The second kappa shape index (κ2) is 6.76. The first-order chi connectivity index (χ1) is 15.5. The second-order valence-electron chi connectivity index (χ2n) is 8.78. The van der Waals surface area contributed by atoms with Crippen LogP contribution in [0.15, 0.2) is 30.7 Å². The van der Waals surface area contributed by atoms with Crippen LogP contribution >= 0.6 is 0 Å². The van der Waals surface area contributed by atoms with E-state index in [1.54, 1.807) is 26.3 Å². The summed E-state index contributed by atoms with van der Waals surface area (Å²) in [5, 5.41) is 13.7. The van der Waals surface area contributed by atoms with E-state index in [0.717, 1.165) is 18.3 Å². The highest BCUT2D eigenvalue weighted by Crippen LogP contribution is 2.63. The molecular weight excluding hydrogens is 413 g/mol. The predicted molar refractivity (Wildman–Crippen MR) is 114 cm³/mol. The maximum absolute atomic E-state index is 13.7. The summed E-state index contributed by atoms with van der Waals surface area (Å²) < 4.78 is 36.3. The number of nitrogens with zero attached hydrogens (tertiary/aromatic N) is 6. The number of hydrogen-bond donors (Lipinski definition) is 0. The van der Waals surface area contributed by atoms with E-state index in [1.807, 2.05) is 16.8 Å². The van der Waals surface area contributed by atoms with Crippen LogP contribution in [-0.2, 0) is 0 Å². The van der Waals surface area contributed by atoms with E-state index in [9.17, 15) is 8.78 Å². The Morgan fingerprint density at radius 3 is 2.62 bits per heavy atom. The number of methoxy groups -OCH3 is 1. The molecular formula is C22H19BF2N6O. The van der Waals surface area contributed by atoms with Crippen molar-refractivity contribution in [2.75, 3.05) is 7.11 Å². The zero-order chi connectivity index (χ0) is 22.1. The Kier molecular flexibility index (Phi) is 4.06. The number of halogens is 2. The fraction of sp³-hybridized carbons (Fsp3) is 0.364. The van der Waals surface area contributed by atoms with Gasteiger partial charge < -0.3 is 9.14 Å². The standard InChI is InChI=1S/C22H19BF2N6O/c1-11-7-31-21(27-11)13(20(24)25)4-16(29-31)12-3-18(32-2)22-28-17(9-30(22)8-12)19-14-5-23(10-26)6-15(14)19/h3-4,7-9,14-15,19-20H,5-6H2,1-2H3. The zero-order valence-corrected chi connectivity index (χ0v) is 17.5. The highest BCUT2D eigenvalue weighted by Gasteiger charge is 2.58. The maximum Gasteiger partial charge on any atom is 0.268 e. The van der Waals surface area contributed by atoms with Crippen molar-refractivity contribution in [3.8, 4) is 23.0 Å². The largest absolute Gasteiger partial charge is 0.493 e. The number of fused-ring (bicyclic) bond motifs is 3. The molecule has 160 valence electrons. The molecule has 2 atom stereocenters. The Morgan fingerprint density at radius 1 is 1.16 bits per heavy atom. The second-order valence-corrected chi connectivity index (χ2v) is 8.78. The summed E-state index contributed by atoms with van der Waals surface area (Å²) in [5.41, 5.74) is 3.35. The van der Waals surface area contributed by atoms with Gasteiger partial charge in [0, 0.05) is 29.8 Å². The summed E-state index contributed by atoms with van der Waals surface area (Å²) in [4.78, 5) is 8.99. The maximum atomic E-state index is 13.7. The molecule has 32 heavy (non-hydrogen) atoms. The van der Waals surface area contributed by atoms with Crippen molar-refractivity contribution >= 4 is 18.0 Å². The smallest absolute Gasteiger partial charge is 0.268 e. The lowest BCUT2D eigenvalue weighted by atomic mass is 9.48. The van der Waals surface area contributed by atoms with Gasteiger partial charge in [0.05, 0.1) is 36.0 Å². The van der Waals surface area contributed by atoms with Gasteiger partial charge in [-0.05, 0) is 30.9 Å². The number of aryl methyl sites for hydroxylation is 1. The molecule has 0 radical (unpaired) electrons. The van der Waals surface area contributed by atoms with Crippen LogP contribution in [0.4, 0.5) is 8.78 Å². The number of nitriles is 1. The van der Waals surface area contributed by atoms with Gasteiger partial charge >= 0.3 is 0 Å². The van der Waals surface area contributed by atoms with Crippen LogP contribution in [0.3, 0.4) is 0 Å². The number of pyridine rings is 1. The SMILES string of the molecule is COc1cc(-c2cc(C(F)F)c3nc(C)cn3n2)cn2cc(C3C4CB(C#N)CC43)nc12. The Labute approximate surface area is 182 Å². The first kappa shape index (κ1) is 19.2. The summed E-state index contributed by atoms with van der Waals surface area (Å²) in [5.74, 6) is 4.36. The van der Waals surface area contributed by atoms with Crippen LogP contribution in [0.2, 0.25) is 12.6 Å². The Balaban J connectivity index is 1.44. The Hall–Kier alpha value is -3.48. The van der Waals surface area contributed by atoms with Gasteiger partial charge in [-0.1, -0.05) is 12.6 Å². The molecule has 7 nitrogen and oxygen atoms in total. The quantitative estimate of drug-likeness (QED) is 0.452. The summed E-state index contributed by atoms with van der Waals surface area (Å²) in [6, 6.07) is 3.16. The van der Waals surface area contributed by atoms with Crippen LogP contribution in [0.25, 0.3) is 22.6 Å². The Bertz CT molecular complexity index is 1410. The number of aromatic nitrogens is 5. The molecule has 1 aliphatic carbocycles. The van der Waals surface area contributed by atoms with Crippen molar-refractivity contribution < 1.29 is 13.5 Å². The molecule has 10 heteroatoms. The first-order valence-electron chi connectivity index (χ1n) is 10.6. The minimum atomic E-state index is -2.67. The molecule has 1 saturated heterocycles. The van der Waals surface area contributed by atoms with Crippen molar-refractivity contribution in [3.63, 3.8) is 0 Å². The third-order valence-electron chi connectivity index (χ3n) is 6.83. The summed E-state index contributed by atoms with van der Waals surface area (Å²) in [6.45, 7) is 1.91. The molecule has 0 N–H and O–H groups in total. The van der Waals surface area contributed by atoms with E-state index >= 15 is 0 Å². The molecule has 5 heterocycles. The molecule has 0 aromatic carbocycles. The van der Waals surface area contributed by atoms with E-state index in [0.29, 0.717) is 46.1 Å². The van der Waals surface area contributed by atoms with Gasteiger partial charge in [-0.2, -0.15) is 5.10 Å². The van der Waals surface area contributed by atoms with Gasteiger partial charge in [-0.25, -0.2) is 28.5 Å².